The Morgan fingerprint density at radius 1 is 1.20 bits per heavy atom. The molecule has 0 saturated heterocycles. The number of hydrogen-bond acceptors (Lipinski definition) is 3. The summed E-state index contributed by atoms with van der Waals surface area (Å²) in [6, 6.07) is 10.1. The topological polar surface area (TPSA) is 71.2 Å². The minimum Gasteiger partial charge on any atom is -0.491 e. The standard InChI is InChI=1S/C15H16N2O3/c1-10(2)20-12-7-5-11(6-8-12)17-15(19)13-4-3-9-16-14(13)18/h3-10H,1-2H3,(H,16,18)(H,17,19). The first kappa shape index (κ1) is 13.9. The van der Waals surface area contributed by atoms with E-state index in [0.717, 1.165) is 5.75 Å². The van der Waals surface area contributed by atoms with Crippen LogP contribution in [0, 0.1) is 0 Å². The van der Waals surface area contributed by atoms with Crippen LogP contribution in [-0.2, 0) is 0 Å². The average molecular weight is 272 g/mol. The van der Waals surface area contributed by atoms with E-state index in [1.54, 1.807) is 30.3 Å². The number of hydrogen-bond donors (Lipinski definition) is 2. The number of ether oxygens (including phenoxy) is 1. The second-order valence-electron chi connectivity index (χ2n) is 4.56. The Bertz CT molecular complexity index is 645. The van der Waals surface area contributed by atoms with Crippen LogP contribution in [-0.4, -0.2) is 17.0 Å². The number of nitrogens with one attached hydrogen (secondary N) is 2. The Kier molecular flexibility index (Phi) is 4.20. The highest BCUT2D eigenvalue weighted by molar-refractivity contribution is 6.03. The molecule has 1 aromatic heterocycles. The maximum absolute atomic E-state index is 11.9. The molecule has 2 aromatic rings. The highest BCUT2D eigenvalue weighted by atomic mass is 16.5. The molecular formula is C15H16N2O3. The summed E-state index contributed by atoms with van der Waals surface area (Å²) >= 11 is 0. The van der Waals surface area contributed by atoms with Gasteiger partial charge < -0.3 is 15.0 Å². The predicted octanol–water partition coefficient (Wildman–Crippen LogP) is 2.41. The van der Waals surface area contributed by atoms with Crippen molar-refractivity contribution in [1.82, 2.24) is 4.98 Å². The van der Waals surface area contributed by atoms with Gasteiger partial charge in [-0.3, -0.25) is 9.59 Å². The van der Waals surface area contributed by atoms with Gasteiger partial charge in [0.2, 0.25) is 0 Å². The first-order valence-electron chi connectivity index (χ1n) is 6.32. The molecule has 20 heavy (non-hydrogen) atoms. The molecule has 0 unspecified atom stereocenters. The summed E-state index contributed by atoms with van der Waals surface area (Å²) in [7, 11) is 0. The van der Waals surface area contributed by atoms with Crippen LogP contribution in [0.2, 0.25) is 0 Å². The third-order valence-electron chi connectivity index (χ3n) is 2.55. The van der Waals surface area contributed by atoms with Gasteiger partial charge in [-0.1, -0.05) is 0 Å². The lowest BCUT2D eigenvalue weighted by Gasteiger charge is -2.10. The summed E-state index contributed by atoms with van der Waals surface area (Å²) in [6.45, 7) is 3.88. The minimum atomic E-state index is -0.440. The fourth-order valence-electron chi connectivity index (χ4n) is 1.69. The summed E-state index contributed by atoms with van der Waals surface area (Å²) in [5.74, 6) is 0.292. The fourth-order valence-corrected chi connectivity index (χ4v) is 1.69. The average Bonchev–Trinajstić information content (AvgIpc) is 2.41. The maximum Gasteiger partial charge on any atom is 0.261 e. The molecule has 5 nitrogen and oxygen atoms in total. The Hall–Kier alpha value is -2.56. The number of H-pyrrole nitrogens is 1. The van der Waals surface area contributed by atoms with Crippen molar-refractivity contribution in [1.29, 1.82) is 0 Å². The van der Waals surface area contributed by atoms with Gasteiger partial charge in [-0.25, -0.2) is 0 Å². The lowest BCUT2D eigenvalue weighted by atomic mass is 10.2. The van der Waals surface area contributed by atoms with E-state index < -0.39 is 11.5 Å². The van der Waals surface area contributed by atoms with Crippen LogP contribution in [0.5, 0.6) is 5.75 Å². The number of carbonyl (C=O) groups excluding carboxylic acids is 1. The van der Waals surface area contributed by atoms with Crippen molar-refractivity contribution in [3.63, 3.8) is 0 Å². The van der Waals surface area contributed by atoms with Gasteiger partial charge in [0.05, 0.1) is 6.10 Å². The van der Waals surface area contributed by atoms with Crippen LogP contribution in [0.4, 0.5) is 5.69 Å². The predicted molar refractivity (Wildman–Crippen MR) is 77.2 cm³/mol. The number of amides is 1. The molecule has 0 atom stereocenters. The quantitative estimate of drug-likeness (QED) is 0.897. The van der Waals surface area contributed by atoms with Gasteiger partial charge in [-0.05, 0) is 50.2 Å². The van der Waals surface area contributed by atoms with Crippen LogP contribution in [0.3, 0.4) is 0 Å². The lowest BCUT2D eigenvalue weighted by Crippen LogP contribution is -2.22. The molecule has 1 amide bonds. The Balaban J connectivity index is 2.09. The number of aromatic amines is 1. The highest BCUT2D eigenvalue weighted by Crippen LogP contribution is 2.17. The molecule has 0 radical (unpaired) electrons. The molecule has 0 aliphatic rings. The van der Waals surface area contributed by atoms with Crippen molar-refractivity contribution >= 4 is 11.6 Å². The number of rotatable bonds is 4. The van der Waals surface area contributed by atoms with Gasteiger partial charge >= 0.3 is 0 Å². The molecule has 104 valence electrons. The fraction of sp³-hybridized carbons (Fsp3) is 0.200. The third-order valence-corrected chi connectivity index (χ3v) is 2.55. The zero-order valence-electron chi connectivity index (χ0n) is 11.3. The van der Waals surface area contributed by atoms with E-state index in [1.807, 2.05) is 13.8 Å². The van der Waals surface area contributed by atoms with Crippen LogP contribution < -0.4 is 15.6 Å². The molecule has 2 N–H and O–H groups in total. The van der Waals surface area contributed by atoms with Gasteiger partial charge in [-0.15, -0.1) is 0 Å². The Morgan fingerprint density at radius 2 is 1.90 bits per heavy atom. The van der Waals surface area contributed by atoms with Crippen molar-refractivity contribution in [3.8, 4) is 5.75 Å². The zero-order valence-corrected chi connectivity index (χ0v) is 11.3. The summed E-state index contributed by atoms with van der Waals surface area (Å²) in [5.41, 5.74) is 0.272. The van der Waals surface area contributed by atoms with Crippen LogP contribution in [0.15, 0.2) is 47.4 Å². The van der Waals surface area contributed by atoms with Crippen molar-refractivity contribution in [2.75, 3.05) is 5.32 Å². The van der Waals surface area contributed by atoms with Gasteiger partial charge in [0.25, 0.3) is 11.5 Å². The van der Waals surface area contributed by atoms with Gasteiger partial charge in [0.1, 0.15) is 11.3 Å². The van der Waals surface area contributed by atoms with E-state index in [1.165, 1.54) is 12.3 Å². The SMILES string of the molecule is CC(C)Oc1ccc(NC(=O)c2ccc[nH]c2=O)cc1. The molecule has 5 heteroatoms. The summed E-state index contributed by atoms with van der Waals surface area (Å²) in [4.78, 5) is 25.9. The van der Waals surface area contributed by atoms with Crippen LogP contribution in [0.1, 0.15) is 24.2 Å². The Labute approximate surface area is 116 Å². The lowest BCUT2D eigenvalue weighted by molar-refractivity contribution is 0.102. The molecule has 0 fully saturated rings. The normalized spacial score (nSPS) is 10.3. The summed E-state index contributed by atoms with van der Waals surface area (Å²) in [6.07, 6.45) is 1.58. The molecule has 0 bridgehead atoms. The van der Waals surface area contributed by atoms with Crippen LogP contribution >= 0.6 is 0 Å². The van der Waals surface area contributed by atoms with E-state index in [0.29, 0.717) is 5.69 Å². The Morgan fingerprint density at radius 3 is 2.50 bits per heavy atom. The molecule has 0 aliphatic heterocycles. The number of carbonyl (C=O) groups is 1. The highest BCUT2D eigenvalue weighted by Gasteiger charge is 2.09. The number of benzene rings is 1. The van der Waals surface area contributed by atoms with Gasteiger partial charge in [0.15, 0.2) is 0 Å². The van der Waals surface area contributed by atoms with E-state index in [-0.39, 0.29) is 11.7 Å². The third kappa shape index (κ3) is 3.47. The smallest absolute Gasteiger partial charge is 0.261 e. The second kappa shape index (κ2) is 6.06. The molecule has 2 rings (SSSR count). The van der Waals surface area contributed by atoms with Crippen LogP contribution in [0.25, 0.3) is 0 Å². The zero-order chi connectivity index (χ0) is 14.5. The van der Waals surface area contributed by atoms with Gasteiger partial charge in [-0.2, -0.15) is 0 Å². The maximum atomic E-state index is 11.9. The van der Waals surface area contributed by atoms with Crippen molar-refractivity contribution < 1.29 is 9.53 Å². The van der Waals surface area contributed by atoms with Crippen molar-refractivity contribution in [3.05, 3.63) is 58.5 Å². The molecule has 0 aliphatic carbocycles. The number of pyridine rings is 1. The second-order valence-corrected chi connectivity index (χ2v) is 4.56. The van der Waals surface area contributed by atoms with E-state index in [4.69, 9.17) is 4.74 Å². The minimum absolute atomic E-state index is 0.0787. The van der Waals surface area contributed by atoms with Gasteiger partial charge in [0, 0.05) is 11.9 Å². The summed E-state index contributed by atoms with van der Waals surface area (Å²) in [5, 5.41) is 2.67. The monoisotopic (exact) mass is 272 g/mol. The first-order chi connectivity index (χ1) is 9.56. The molecular weight excluding hydrogens is 256 g/mol. The van der Waals surface area contributed by atoms with Crippen molar-refractivity contribution in [2.45, 2.75) is 20.0 Å². The first-order valence-corrected chi connectivity index (χ1v) is 6.32. The molecule has 1 aromatic carbocycles. The summed E-state index contributed by atoms with van der Waals surface area (Å²) < 4.78 is 5.51. The molecule has 0 saturated carbocycles. The largest absolute Gasteiger partial charge is 0.491 e. The van der Waals surface area contributed by atoms with E-state index in [9.17, 15) is 9.59 Å². The van der Waals surface area contributed by atoms with E-state index >= 15 is 0 Å². The van der Waals surface area contributed by atoms with E-state index in [2.05, 4.69) is 10.3 Å². The number of aromatic nitrogens is 1. The molecule has 1 heterocycles. The van der Waals surface area contributed by atoms with Crippen molar-refractivity contribution in [2.24, 2.45) is 0 Å². The number of anilines is 1. The molecule has 0 spiro atoms.